The standard InChI is InChI=1S/C7H9BrN2/c1-10-7(5-2-3-5)6(8)4-9-10/h4-5H,2-3H2,1H3. The minimum atomic E-state index is 0.780. The summed E-state index contributed by atoms with van der Waals surface area (Å²) in [4.78, 5) is 0. The maximum atomic E-state index is 4.15. The summed E-state index contributed by atoms with van der Waals surface area (Å²) >= 11 is 3.47. The van der Waals surface area contributed by atoms with Gasteiger partial charge in [0.2, 0.25) is 0 Å². The van der Waals surface area contributed by atoms with Crippen LogP contribution in [0.1, 0.15) is 24.5 Å². The van der Waals surface area contributed by atoms with Gasteiger partial charge in [-0.25, -0.2) is 0 Å². The Bertz CT molecular complexity index is 231. The highest BCUT2D eigenvalue weighted by Gasteiger charge is 2.28. The zero-order chi connectivity index (χ0) is 7.14. The Morgan fingerprint density at radius 2 is 2.40 bits per heavy atom. The Morgan fingerprint density at radius 1 is 1.70 bits per heavy atom. The number of aromatic nitrogens is 2. The fourth-order valence-corrected chi connectivity index (χ4v) is 1.91. The zero-order valence-corrected chi connectivity index (χ0v) is 7.43. The van der Waals surface area contributed by atoms with Gasteiger partial charge in [0.15, 0.2) is 0 Å². The molecule has 0 bridgehead atoms. The predicted octanol–water partition coefficient (Wildman–Crippen LogP) is 2.06. The van der Waals surface area contributed by atoms with Gasteiger partial charge in [0.25, 0.3) is 0 Å². The predicted molar refractivity (Wildman–Crippen MR) is 42.9 cm³/mol. The molecular formula is C7H9BrN2. The first-order valence-electron chi connectivity index (χ1n) is 3.46. The summed E-state index contributed by atoms with van der Waals surface area (Å²) in [7, 11) is 2.00. The van der Waals surface area contributed by atoms with Crippen LogP contribution in [0.2, 0.25) is 0 Å². The van der Waals surface area contributed by atoms with Gasteiger partial charge in [-0.2, -0.15) is 5.10 Å². The van der Waals surface area contributed by atoms with Gasteiger partial charge in [0.1, 0.15) is 0 Å². The van der Waals surface area contributed by atoms with Gasteiger partial charge >= 0.3 is 0 Å². The van der Waals surface area contributed by atoms with E-state index in [0.29, 0.717) is 0 Å². The summed E-state index contributed by atoms with van der Waals surface area (Å²) in [5.41, 5.74) is 1.36. The van der Waals surface area contributed by atoms with E-state index in [1.165, 1.54) is 18.5 Å². The summed E-state index contributed by atoms with van der Waals surface area (Å²) in [5, 5.41) is 4.15. The van der Waals surface area contributed by atoms with Crippen LogP contribution in [0.5, 0.6) is 0 Å². The molecule has 0 atom stereocenters. The average molecular weight is 201 g/mol. The Balaban J connectivity index is 2.44. The largest absolute Gasteiger partial charge is 0.271 e. The third kappa shape index (κ3) is 0.888. The molecule has 0 amide bonds. The molecule has 2 rings (SSSR count). The van der Waals surface area contributed by atoms with E-state index in [-0.39, 0.29) is 0 Å². The first kappa shape index (κ1) is 6.40. The van der Waals surface area contributed by atoms with Crippen molar-refractivity contribution in [1.82, 2.24) is 9.78 Å². The summed E-state index contributed by atoms with van der Waals surface area (Å²) in [6.07, 6.45) is 4.53. The Labute approximate surface area is 68.4 Å². The maximum absolute atomic E-state index is 4.15. The molecule has 1 heterocycles. The molecule has 10 heavy (non-hydrogen) atoms. The van der Waals surface area contributed by atoms with Gasteiger partial charge in [-0.15, -0.1) is 0 Å². The molecule has 1 aliphatic carbocycles. The normalized spacial score (nSPS) is 17.8. The van der Waals surface area contributed by atoms with Crippen LogP contribution < -0.4 is 0 Å². The second-order valence-electron chi connectivity index (χ2n) is 2.78. The quantitative estimate of drug-likeness (QED) is 0.679. The minimum absolute atomic E-state index is 0.780. The van der Waals surface area contributed by atoms with E-state index in [9.17, 15) is 0 Å². The van der Waals surface area contributed by atoms with E-state index in [2.05, 4.69) is 21.0 Å². The molecule has 3 heteroatoms. The summed E-state index contributed by atoms with van der Waals surface area (Å²) in [5.74, 6) is 0.780. The van der Waals surface area contributed by atoms with Crippen LogP contribution in [-0.2, 0) is 7.05 Å². The van der Waals surface area contributed by atoms with E-state index in [1.54, 1.807) is 0 Å². The van der Waals surface area contributed by atoms with Crippen LogP contribution in [-0.4, -0.2) is 9.78 Å². The molecule has 1 aromatic heterocycles. The second-order valence-corrected chi connectivity index (χ2v) is 3.63. The Morgan fingerprint density at radius 3 is 2.80 bits per heavy atom. The molecule has 1 saturated carbocycles. The molecule has 0 aromatic carbocycles. The highest BCUT2D eigenvalue weighted by molar-refractivity contribution is 9.10. The lowest BCUT2D eigenvalue weighted by molar-refractivity contribution is 0.712. The van der Waals surface area contributed by atoms with Crippen LogP contribution in [0.4, 0.5) is 0 Å². The van der Waals surface area contributed by atoms with Crippen LogP contribution >= 0.6 is 15.9 Å². The second kappa shape index (κ2) is 2.09. The Hall–Kier alpha value is -0.310. The van der Waals surface area contributed by atoms with Crippen LogP contribution in [0.3, 0.4) is 0 Å². The highest BCUT2D eigenvalue weighted by atomic mass is 79.9. The molecule has 0 N–H and O–H groups in total. The Kier molecular flexibility index (Phi) is 1.34. The van der Waals surface area contributed by atoms with Crippen molar-refractivity contribution >= 4 is 15.9 Å². The number of nitrogens with zero attached hydrogens (tertiary/aromatic N) is 2. The molecule has 1 aromatic rings. The molecule has 0 aliphatic heterocycles. The molecule has 1 aliphatic rings. The van der Waals surface area contributed by atoms with Crippen molar-refractivity contribution in [2.45, 2.75) is 18.8 Å². The van der Waals surface area contributed by atoms with Crippen molar-refractivity contribution in [3.63, 3.8) is 0 Å². The molecule has 0 spiro atoms. The third-order valence-electron chi connectivity index (χ3n) is 1.90. The lowest BCUT2D eigenvalue weighted by atomic mass is 10.3. The van der Waals surface area contributed by atoms with Crippen molar-refractivity contribution in [3.05, 3.63) is 16.4 Å². The first-order valence-corrected chi connectivity index (χ1v) is 4.25. The minimum Gasteiger partial charge on any atom is -0.271 e. The van der Waals surface area contributed by atoms with E-state index in [0.717, 1.165) is 10.4 Å². The average Bonchev–Trinajstić information content (AvgIpc) is 2.64. The van der Waals surface area contributed by atoms with E-state index < -0.39 is 0 Å². The van der Waals surface area contributed by atoms with Gasteiger partial charge in [-0.05, 0) is 28.8 Å². The molecule has 0 unspecified atom stereocenters. The van der Waals surface area contributed by atoms with Crippen molar-refractivity contribution in [1.29, 1.82) is 0 Å². The number of rotatable bonds is 1. The fourth-order valence-electron chi connectivity index (χ4n) is 1.24. The number of hydrogen-bond donors (Lipinski definition) is 0. The third-order valence-corrected chi connectivity index (χ3v) is 2.51. The van der Waals surface area contributed by atoms with Crippen LogP contribution in [0, 0.1) is 0 Å². The van der Waals surface area contributed by atoms with Crippen LogP contribution in [0.15, 0.2) is 10.7 Å². The molecule has 54 valence electrons. The smallest absolute Gasteiger partial charge is 0.0635 e. The molecule has 0 radical (unpaired) electrons. The molecule has 2 nitrogen and oxygen atoms in total. The van der Waals surface area contributed by atoms with Gasteiger partial charge < -0.3 is 0 Å². The van der Waals surface area contributed by atoms with Gasteiger partial charge in [-0.1, -0.05) is 0 Å². The van der Waals surface area contributed by atoms with Crippen LogP contribution in [0.25, 0.3) is 0 Å². The monoisotopic (exact) mass is 200 g/mol. The summed E-state index contributed by atoms with van der Waals surface area (Å²) < 4.78 is 3.12. The highest BCUT2D eigenvalue weighted by Crippen LogP contribution is 2.42. The van der Waals surface area contributed by atoms with Gasteiger partial charge in [0, 0.05) is 13.0 Å². The van der Waals surface area contributed by atoms with E-state index in [4.69, 9.17) is 0 Å². The van der Waals surface area contributed by atoms with Gasteiger partial charge in [0.05, 0.1) is 16.4 Å². The molecular weight excluding hydrogens is 192 g/mol. The summed E-state index contributed by atoms with van der Waals surface area (Å²) in [6, 6.07) is 0. The first-order chi connectivity index (χ1) is 4.79. The zero-order valence-electron chi connectivity index (χ0n) is 5.84. The van der Waals surface area contributed by atoms with Crippen molar-refractivity contribution in [3.8, 4) is 0 Å². The lowest BCUT2D eigenvalue weighted by Gasteiger charge is -1.97. The summed E-state index contributed by atoms with van der Waals surface area (Å²) in [6.45, 7) is 0. The maximum Gasteiger partial charge on any atom is 0.0635 e. The number of aryl methyl sites for hydroxylation is 1. The molecule has 0 saturated heterocycles. The SMILES string of the molecule is Cn1ncc(Br)c1C1CC1. The van der Waals surface area contributed by atoms with Crippen molar-refractivity contribution in [2.75, 3.05) is 0 Å². The fraction of sp³-hybridized carbons (Fsp3) is 0.571. The number of halogens is 1. The number of hydrogen-bond acceptors (Lipinski definition) is 1. The van der Waals surface area contributed by atoms with E-state index >= 15 is 0 Å². The van der Waals surface area contributed by atoms with Gasteiger partial charge in [-0.3, -0.25) is 4.68 Å². The van der Waals surface area contributed by atoms with Crippen molar-refractivity contribution < 1.29 is 0 Å². The lowest BCUT2D eigenvalue weighted by Crippen LogP contribution is -1.95. The van der Waals surface area contributed by atoms with E-state index in [1.807, 2.05) is 17.9 Å². The topological polar surface area (TPSA) is 17.8 Å². The molecule has 1 fully saturated rings. The van der Waals surface area contributed by atoms with Crippen molar-refractivity contribution in [2.24, 2.45) is 7.05 Å².